The van der Waals surface area contributed by atoms with Gasteiger partial charge < -0.3 is 0 Å². The van der Waals surface area contributed by atoms with Crippen molar-refractivity contribution >= 4 is 26.0 Å². The third kappa shape index (κ3) is 2.16. The van der Waals surface area contributed by atoms with Crippen LogP contribution in [0.2, 0.25) is 0 Å². The smallest absolute Gasteiger partial charge is 0.214 e. The van der Waals surface area contributed by atoms with Gasteiger partial charge in [0, 0.05) is 4.47 Å². The standard InChI is InChI=1S/C9H12BrNO2S/c1-6-4-8(10)9(5-7(6)2)14(12,13)11-3/h4-5,11H,1-3H3. The lowest BCUT2D eigenvalue weighted by Crippen LogP contribution is -2.19. The minimum absolute atomic E-state index is 0.281. The molecule has 0 saturated heterocycles. The fourth-order valence-corrected chi connectivity index (χ4v) is 3.03. The summed E-state index contributed by atoms with van der Waals surface area (Å²) in [6.45, 7) is 3.83. The van der Waals surface area contributed by atoms with Crippen molar-refractivity contribution in [3.63, 3.8) is 0 Å². The number of sulfonamides is 1. The van der Waals surface area contributed by atoms with Gasteiger partial charge in [0.15, 0.2) is 0 Å². The monoisotopic (exact) mass is 277 g/mol. The second kappa shape index (κ2) is 4.00. The highest BCUT2D eigenvalue weighted by molar-refractivity contribution is 9.10. The first-order valence-electron chi connectivity index (χ1n) is 4.09. The van der Waals surface area contributed by atoms with Gasteiger partial charge in [-0.25, -0.2) is 13.1 Å². The Morgan fingerprint density at radius 1 is 1.21 bits per heavy atom. The summed E-state index contributed by atoms with van der Waals surface area (Å²) >= 11 is 3.24. The van der Waals surface area contributed by atoms with Crippen LogP contribution in [0.4, 0.5) is 0 Å². The van der Waals surface area contributed by atoms with Gasteiger partial charge in [-0.15, -0.1) is 0 Å². The molecule has 1 N–H and O–H groups in total. The number of halogens is 1. The molecule has 0 aliphatic carbocycles. The summed E-state index contributed by atoms with van der Waals surface area (Å²) in [5.74, 6) is 0. The van der Waals surface area contributed by atoms with E-state index in [9.17, 15) is 8.42 Å². The summed E-state index contributed by atoms with van der Waals surface area (Å²) in [5, 5.41) is 0. The molecule has 0 radical (unpaired) electrons. The van der Waals surface area contributed by atoms with Gasteiger partial charge in [0.2, 0.25) is 10.0 Å². The molecule has 1 aromatic rings. The zero-order valence-electron chi connectivity index (χ0n) is 8.26. The van der Waals surface area contributed by atoms with E-state index >= 15 is 0 Å². The molecule has 0 bridgehead atoms. The number of rotatable bonds is 2. The van der Waals surface area contributed by atoms with Crippen LogP contribution in [0.25, 0.3) is 0 Å². The molecule has 14 heavy (non-hydrogen) atoms. The first-order chi connectivity index (χ1) is 6.38. The highest BCUT2D eigenvalue weighted by Gasteiger charge is 2.16. The van der Waals surface area contributed by atoms with Crippen molar-refractivity contribution in [1.29, 1.82) is 0 Å². The molecule has 5 heteroatoms. The van der Waals surface area contributed by atoms with Crippen LogP contribution < -0.4 is 4.72 Å². The van der Waals surface area contributed by atoms with E-state index < -0.39 is 10.0 Å². The molecule has 78 valence electrons. The minimum atomic E-state index is -3.36. The second-order valence-corrected chi connectivity index (χ2v) is 5.78. The molecule has 0 aliphatic heterocycles. The van der Waals surface area contributed by atoms with Crippen molar-refractivity contribution < 1.29 is 8.42 Å². The summed E-state index contributed by atoms with van der Waals surface area (Å²) in [7, 11) is -1.97. The molecule has 0 spiro atoms. The van der Waals surface area contributed by atoms with E-state index in [1.54, 1.807) is 12.1 Å². The fraction of sp³-hybridized carbons (Fsp3) is 0.333. The summed E-state index contributed by atoms with van der Waals surface area (Å²) in [6, 6.07) is 3.46. The maximum atomic E-state index is 11.5. The van der Waals surface area contributed by atoms with Gasteiger partial charge in [0.1, 0.15) is 0 Å². The summed E-state index contributed by atoms with van der Waals surface area (Å²) in [4.78, 5) is 0.281. The Kier molecular flexibility index (Phi) is 3.34. The van der Waals surface area contributed by atoms with Crippen molar-refractivity contribution in [3.05, 3.63) is 27.7 Å². The summed E-state index contributed by atoms with van der Waals surface area (Å²) in [6.07, 6.45) is 0. The largest absolute Gasteiger partial charge is 0.241 e. The first kappa shape index (κ1) is 11.7. The highest BCUT2D eigenvalue weighted by Crippen LogP contribution is 2.25. The number of nitrogens with one attached hydrogen (secondary N) is 1. The van der Waals surface area contributed by atoms with Crippen LogP contribution in [0.15, 0.2) is 21.5 Å². The van der Waals surface area contributed by atoms with Gasteiger partial charge in [-0.2, -0.15) is 0 Å². The second-order valence-electron chi connectivity index (χ2n) is 3.07. The molecule has 3 nitrogen and oxygen atoms in total. The van der Waals surface area contributed by atoms with Gasteiger partial charge >= 0.3 is 0 Å². The van der Waals surface area contributed by atoms with E-state index in [-0.39, 0.29) is 4.90 Å². The predicted molar refractivity (Wildman–Crippen MR) is 59.9 cm³/mol. The van der Waals surface area contributed by atoms with E-state index in [2.05, 4.69) is 20.7 Å². The van der Waals surface area contributed by atoms with Gasteiger partial charge in [0.05, 0.1) is 4.90 Å². The van der Waals surface area contributed by atoms with Gasteiger partial charge in [-0.05, 0) is 60.1 Å². The SMILES string of the molecule is CNS(=O)(=O)c1cc(C)c(C)cc1Br. The Hall–Kier alpha value is -0.390. The molecule has 0 atom stereocenters. The molecule has 0 unspecified atom stereocenters. The summed E-state index contributed by atoms with van der Waals surface area (Å²) < 4.78 is 26.0. The molecule has 0 aromatic heterocycles. The normalized spacial score (nSPS) is 11.7. The Balaban J connectivity index is 3.45. The quantitative estimate of drug-likeness (QED) is 0.899. The van der Waals surface area contributed by atoms with Crippen molar-refractivity contribution in [2.45, 2.75) is 18.7 Å². The van der Waals surface area contributed by atoms with E-state index in [1.165, 1.54) is 7.05 Å². The molecule has 0 amide bonds. The predicted octanol–water partition coefficient (Wildman–Crippen LogP) is 1.97. The zero-order chi connectivity index (χ0) is 10.9. The van der Waals surface area contributed by atoms with Crippen LogP contribution in [0.3, 0.4) is 0 Å². The lowest BCUT2D eigenvalue weighted by molar-refractivity contribution is 0.587. The highest BCUT2D eigenvalue weighted by atomic mass is 79.9. The molecule has 1 aromatic carbocycles. The van der Waals surface area contributed by atoms with Gasteiger partial charge in [-0.3, -0.25) is 0 Å². The number of benzene rings is 1. The third-order valence-corrected chi connectivity index (χ3v) is 4.48. The Morgan fingerprint density at radius 3 is 2.21 bits per heavy atom. The van der Waals surface area contributed by atoms with E-state index in [1.807, 2.05) is 13.8 Å². The number of hydrogen-bond donors (Lipinski definition) is 1. The molecule has 0 fully saturated rings. The van der Waals surface area contributed by atoms with Crippen LogP contribution in [-0.2, 0) is 10.0 Å². The summed E-state index contributed by atoms with van der Waals surface area (Å²) in [5.41, 5.74) is 2.02. The zero-order valence-corrected chi connectivity index (χ0v) is 10.7. The third-order valence-electron chi connectivity index (χ3n) is 2.11. The van der Waals surface area contributed by atoms with Crippen molar-refractivity contribution in [3.8, 4) is 0 Å². The van der Waals surface area contributed by atoms with Crippen LogP contribution in [0.1, 0.15) is 11.1 Å². The van der Waals surface area contributed by atoms with Crippen LogP contribution >= 0.6 is 15.9 Å². The average molecular weight is 278 g/mol. The Bertz CT molecular complexity index is 454. The van der Waals surface area contributed by atoms with Crippen molar-refractivity contribution in [2.75, 3.05) is 7.05 Å². The molecule has 0 aliphatic rings. The Morgan fingerprint density at radius 2 is 1.71 bits per heavy atom. The van der Waals surface area contributed by atoms with E-state index in [4.69, 9.17) is 0 Å². The van der Waals surface area contributed by atoms with E-state index in [0.717, 1.165) is 11.1 Å². The van der Waals surface area contributed by atoms with Gasteiger partial charge in [-0.1, -0.05) is 0 Å². The maximum absolute atomic E-state index is 11.5. The van der Waals surface area contributed by atoms with E-state index in [0.29, 0.717) is 4.47 Å². The van der Waals surface area contributed by atoms with Crippen molar-refractivity contribution in [2.24, 2.45) is 0 Å². The van der Waals surface area contributed by atoms with Crippen LogP contribution in [0, 0.1) is 13.8 Å². The average Bonchev–Trinajstić information content (AvgIpc) is 2.11. The fourth-order valence-electron chi connectivity index (χ4n) is 1.07. The lowest BCUT2D eigenvalue weighted by atomic mass is 10.1. The minimum Gasteiger partial charge on any atom is -0.214 e. The number of aryl methyl sites for hydroxylation is 2. The number of hydrogen-bond acceptors (Lipinski definition) is 2. The maximum Gasteiger partial charge on any atom is 0.241 e. The molecule has 1 rings (SSSR count). The van der Waals surface area contributed by atoms with Crippen LogP contribution in [0.5, 0.6) is 0 Å². The molecule has 0 saturated carbocycles. The topological polar surface area (TPSA) is 46.2 Å². The Labute approximate surface area is 92.7 Å². The van der Waals surface area contributed by atoms with Crippen LogP contribution in [-0.4, -0.2) is 15.5 Å². The molecular formula is C9H12BrNO2S. The lowest BCUT2D eigenvalue weighted by Gasteiger charge is -2.08. The molecule has 0 heterocycles. The first-order valence-corrected chi connectivity index (χ1v) is 6.36. The van der Waals surface area contributed by atoms with Crippen molar-refractivity contribution in [1.82, 2.24) is 4.72 Å². The van der Waals surface area contributed by atoms with Gasteiger partial charge in [0.25, 0.3) is 0 Å². The molecular weight excluding hydrogens is 266 g/mol.